The molecule has 0 atom stereocenters. The Morgan fingerprint density at radius 2 is 1.80 bits per heavy atom. The number of allylic oxidation sites excluding steroid dienone is 4. The Balaban J connectivity index is 0. The van der Waals surface area contributed by atoms with Gasteiger partial charge in [-0.25, -0.2) is 0 Å². The molecule has 3 heteroatoms. The van der Waals surface area contributed by atoms with Crippen LogP contribution in [0.3, 0.4) is 0 Å². The molecule has 0 bridgehead atoms. The van der Waals surface area contributed by atoms with E-state index in [9.17, 15) is 0 Å². The molecule has 0 aliphatic heterocycles. The summed E-state index contributed by atoms with van der Waals surface area (Å²) in [5, 5.41) is 0. The first-order valence-corrected chi connectivity index (χ1v) is 3.33. The molecule has 4 radical (unpaired) electrons. The Hall–Kier alpha value is -0.492. The van der Waals surface area contributed by atoms with E-state index in [2.05, 4.69) is 51.6 Å². The second-order valence-corrected chi connectivity index (χ2v) is 2.55. The molecular weight excluding hydrogens is 212 g/mol. The molecule has 1 aliphatic carbocycles. The molecule has 51 valence electrons. The minimum atomic E-state index is 1.17. The van der Waals surface area contributed by atoms with Gasteiger partial charge in [-0.3, -0.25) is 9.59 Å². The zero-order chi connectivity index (χ0) is 8.41. The third-order valence-electron chi connectivity index (χ3n) is 0.737. The predicted octanol–water partition coefficient (Wildman–Crippen LogP) is 0.583. The number of hydrogen-bond donors (Lipinski definition) is 0. The molecule has 1 rings (SSSR count). The summed E-state index contributed by atoms with van der Waals surface area (Å²) in [5.74, 6) is 0. The van der Waals surface area contributed by atoms with Gasteiger partial charge < -0.3 is 0 Å². The average Bonchev–Trinajstić information content (AvgIpc) is 2.48. The first kappa shape index (κ1) is 12.2. The van der Waals surface area contributed by atoms with Gasteiger partial charge in [0.1, 0.15) is 0 Å². The van der Waals surface area contributed by atoms with Gasteiger partial charge in [-0.1, -0.05) is 0 Å². The van der Waals surface area contributed by atoms with E-state index >= 15 is 0 Å². The minimum absolute atomic E-state index is 1.17. The Labute approximate surface area is 71.9 Å². The molecule has 0 amide bonds. The predicted molar refractivity (Wildman–Crippen MR) is 33.2 cm³/mol. The molecule has 1 aliphatic rings. The first-order valence-electron chi connectivity index (χ1n) is 2.33. The second kappa shape index (κ2) is 11.3. The van der Waals surface area contributed by atoms with E-state index in [1.807, 2.05) is 0 Å². The SMILES string of the molecule is [C]=O.[C]=O.[Mo][C]1=CC=CC1. The van der Waals surface area contributed by atoms with Gasteiger partial charge >= 0.3 is 48.4 Å². The molecule has 0 aromatic carbocycles. The molecule has 0 fully saturated rings. The fourth-order valence-corrected chi connectivity index (χ4v) is 0.857. The Morgan fingerprint density at radius 1 is 1.30 bits per heavy atom. The molecule has 0 spiro atoms. The summed E-state index contributed by atoms with van der Waals surface area (Å²) in [6.45, 7) is 9.00. The van der Waals surface area contributed by atoms with Crippen molar-refractivity contribution >= 4 is 13.6 Å². The van der Waals surface area contributed by atoms with Gasteiger partial charge in [0.25, 0.3) is 13.6 Å². The van der Waals surface area contributed by atoms with Crippen LogP contribution in [-0.4, -0.2) is 13.6 Å². The van der Waals surface area contributed by atoms with Gasteiger partial charge in [-0.2, -0.15) is 0 Å². The van der Waals surface area contributed by atoms with Crippen molar-refractivity contribution < 1.29 is 29.4 Å². The quantitative estimate of drug-likeness (QED) is 0.556. The molecule has 10 heavy (non-hydrogen) atoms. The van der Waals surface area contributed by atoms with Crippen molar-refractivity contribution in [1.29, 1.82) is 0 Å². The summed E-state index contributed by atoms with van der Waals surface area (Å²) < 4.78 is 1.48. The fraction of sp³-hybridized carbons (Fsp3) is 0.143. The topological polar surface area (TPSA) is 34.1 Å². The van der Waals surface area contributed by atoms with Crippen molar-refractivity contribution in [2.45, 2.75) is 6.42 Å². The number of rotatable bonds is 0. The normalized spacial score (nSPS) is 11.8. The molecule has 0 aromatic heterocycles. The van der Waals surface area contributed by atoms with Gasteiger partial charge in [-0.05, 0) is 0 Å². The first-order chi connectivity index (χ1) is 4.89. The standard InChI is InChI=1S/C5H5.2CO.Mo/c1-2-4-5-3-1;2*1-2;/h1-3H,4H2;;;. The summed E-state index contributed by atoms with van der Waals surface area (Å²) in [6.07, 6.45) is 7.57. The zero-order valence-electron chi connectivity index (χ0n) is 5.16. The Kier molecular flexibility index (Phi) is 13.8. The van der Waals surface area contributed by atoms with E-state index in [0.717, 1.165) is 0 Å². The Morgan fingerprint density at radius 3 is 1.90 bits per heavy atom. The van der Waals surface area contributed by atoms with E-state index in [1.54, 1.807) is 0 Å². The fourth-order valence-electron chi connectivity index (χ4n) is 0.428. The molecule has 0 aromatic rings. The molecule has 0 N–H and O–H groups in total. The van der Waals surface area contributed by atoms with Crippen molar-refractivity contribution in [1.82, 2.24) is 0 Å². The monoisotopic (exact) mass is 219 g/mol. The third-order valence-corrected chi connectivity index (χ3v) is 1.48. The summed E-state index contributed by atoms with van der Waals surface area (Å²) in [5.41, 5.74) is 0. The van der Waals surface area contributed by atoms with Crippen LogP contribution in [0, 0.1) is 0 Å². The molecular formula is C7H5MoO2. The molecule has 0 saturated carbocycles. The zero-order valence-corrected chi connectivity index (χ0v) is 7.17. The van der Waals surface area contributed by atoms with Crippen LogP contribution in [0.4, 0.5) is 0 Å². The van der Waals surface area contributed by atoms with E-state index in [4.69, 9.17) is 9.59 Å². The van der Waals surface area contributed by atoms with Crippen LogP contribution < -0.4 is 0 Å². The van der Waals surface area contributed by atoms with Gasteiger partial charge in [0, 0.05) is 0 Å². The van der Waals surface area contributed by atoms with Crippen LogP contribution in [0.5, 0.6) is 0 Å². The van der Waals surface area contributed by atoms with E-state index in [-0.39, 0.29) is 0 Å². The summed E-state index contributed by atoms with van der Waals surface area (Å²) in [4.78, 5) is 15.0. The van der Waals surface area contributed by atoms with Crippen molar-refractivity contribution in [3.63, 3.8) is 0 Å². The maximum atomic E-state index is 7.50. The van der Waals surface area contributed by atoms with Crippen LogP contribution in [-0.2, 0) is 29.4 Å². The summed E-state index contributed by atoms with van der Waals surface area (Å²) in [6, 6.07) is 0. The van der Waals surface area contributed by atoms with Gasteiger partial charge in [0.05, 0.1) is 0 Å². The number of carbonyl (C=O) groups excluding carboxylic acids is 2. The average molecular weight is 217 g/mol. The summed E-state index contributed by atoms with van der Waals surface area (Å²) >= 11 is 2.07. The molecule has 2 nitrogen and oxygen atoms in total. The van der Waals surface area contributed by atoms with Crippen molar-refractivity contribution in [3.05, 3.63) is 22.2 Å². The van der Waals surface area contributed by atoms with Crippen LogP contribution in [0.15, 0.2) is 22.2 Å². The Bertz CT molecular complexity index is 128. The summed E-state index contributed by atoms with van der Waals surface area (Å²) in [7, 11) is 0. The van der Waals surface area contributed by atoms with Crippen LogP contribution in [0.1, 0.15) is 6.42 Å². The van der Waals surface area contributed by atoms with Crippen molar-refractivity contribution in [2.24, 2.45) is 0 Å². The number of hydrogen-bond acceptors (Lipinski definition) is 2. The third kappa shape index (κ3) is 7.51. The van der Waals surface area contributed by atoms with E-state index in [1.165, 1.54) is 10.4 Å². The van der Waals surface area contributed by atoms with Gasteiger partial charge in [-0.15, -0.1) is 0 Å². The van der Waals surface area contributed by atoms with Gasteiger partial charge in [0.15, 0.2) is 0 Å². The van der Waals surface area contributed by atoms with Crippen LogP contribution in [0.25, 0.3) is 0 Å². The van der Waals surface area contributed by atoms with E-state index in [0.29, 0.717) is 0 Å². The van der Waals surface area contributed by atoms with Crippen LogP contribution >= 0.6 is 0 Å². The van der Waals surface area contributed by atoms with Crippen LogP contribution in [0.2, 0.25) is 0 Å². The van der Waals surface area contributed by atoms with Gasteiger partial charge in [0.2, 0.25) is 0 Å². The maximum absolute atomic E-state index is 7.50. The van der Waals surface area contributed by atoms with E-state index < -0.39 is 0 Å². The van der Waals surface area contributed by atoms with Crippen molar-refractivity contribution in [2.75, 3.05) is 0 Å². The molecule has 0 unspecified atom stereocenters. The molecule has 0 heterocycles. The second-order valence-electron chi connectivity index (χ2n) is 1.27. The van der Waals surface area contributed by atoms with Crippen molar-refractivity contribution in [3.8, 4) is 0 Å². The molecule has 0 saturated heterocycles.